The highest BCUT2D eigenvalue weighted by atomic mass is 14.6. The van der Waals surface area contributed by atoms with E-state index in [1.807, 2.05) is 0 Å². The summed E-state index contributed by atoms with van der Waals surface area (Å²) >= 11 is 0. The van der Waals surface area contributed by atoms with Crippen molar-refractivity contribution in [3.63, 3.8) is 0 Å². The Kier molecular flexibility index (Phi) is 22.9. The largest absolute Gasteiger partial charge is 0.0654 e. The average molecular weight is 840 g/mol. The van der Waals surface area contributed by atoms with E-state index in [0.717, 1.165) is 93.2 Å². The first kappa shape index (κ1) is 56.1. The molecule has 358 valence electrons. The predicted octanol–water partition coefficient (Wildman–Crippen LogP) is 20.6. The first-order valence-electron chi connectivity index (χ1n) is 27.8. The van der Waals surface area contributed by atoms with E-state index >= 15 is 0 Å². The summed E-state index contributed by atoms with van der Waals surface area (Å²) < 4.78 is 0. The maximum Gasteiger partial charge on any atom is -0.0268 e. The molecule has 11 fully saturated rings. The highest BCUT2D eigenvalue weighted by molar-refractivity contribution is 5.10. The molecule has 7 atom stereocenters. The number of rotatable bonds is 7. The molecule has 0 saturated heterocycles. The molecule has 0 amide bonds. The Morgan fingerprint density at radius 1 is 0.467 bits per heavy atom. The van der Waals surface area contributed by atoms with E-state index in [-0.39, 0.29) is 0 Å². The minimum atomic E-state index is 0.708. The van der Waals surface area contributed by atoms with E-state index < -0.39 is 0 Å². The van der Waals surface area contributed by atoms with Gasteiger partial charge in [0.05, 0.1) is 0 Å². The zero-order valence-corrected chi connectivity index (χ0v) is 45.9. The Morgan fingerprint density at radius 2 is 0.767 bits per heavy atom. The molecule has 0 aromatic heterocycles. The Bertz CT molecular complexity index is 1010. The third-order valence-corrected chi connectivity index (χ3v) is 19.3. The van der Waals surface area contributed by atoms with Crippen molar-refractivity contribution >= 4 is 0 Å². The maximum absolute atomic E-state index is 2.37. The van der Waals surface area contributed by atoms with Crippen molar-refractivity contribution in [3.05, 3.63) is 0 Å². The van der Waals surface area contributed by atoms with Gasteiger partial charge < -0.3 is 0 Å². The lowest BCUT2D eigenvalue weighted by atomic mass is 10.1. The molecule has 0 nitrogen and oxygen atoms in total. The molecule has 0 heteroatoms. The first-order valence-corrected chi connectivity index (χ1v) is 27.8. The summed E-state index contributed by atoms with van der Waals surface area (Å²) in [4.78, 5) is 0. The second-order valence-corrected chi connectivity index (χ2v) is 26.6. The van der Waals surface area contributed by atoms with E-state index in [2.05, 4.69) is 145 Å². The topological polar surface area (TPSA) is 0 Å². The van der Waals surface area contributed by atoms with Crippen LogP contribution < -0.4 is 0 Å². The van der Waals surface area contributed by atoms with Crippen LogP contribution in [0.1, 0.15) is 280 Å². The Hall–Kier alpha value is 0. The summed E-state index contributed by atoms with van der Waals surface area (Å²) in [6.45, 7) is 48.5. The molecule has 11 rings (SSSR count). The van der Waals surface area contributed by atoms with Crippen LogP contribution in [0, 0.1) is 104 Å². The van der Waals surface area contributed by atoms with Crippen LogP contribution in [-0.4, -0.2) is 0 Å². The summed E-state index contributed by atoms with van der Waals surface area (Å²) in [5.41, 5.74) is 3.96. The van der Waals surface area contributed by atoms with Crippen molar-refractivity contribution < 1.29 is 0 Å². The van der Waals surface area contributed by atoms with Crippen LogP contribution in [0.4, 0.5) is 0 Å². The smallest absolute Gasteiger partial charge is 0.0268 e. The summed E-state index contributed by atoms with van der Waals surface area (Å²) in [5.74, 6) is 13.7. The molecule has 60 heavy (non-hydrogen) atoms. The van der Waals surface area contributed by atoms with Gasteiger partial charge in [0.2, 0.25) is 0 Å². The van der Waals surface area contributed by atoms with Gasteiger partial charge in [-0.05, 0) is 187 Å². The van der Waals surface area contributed by atoms with Crippen LogP contribution in [-0.2, 0) is 0 Å². The minimum Gasteiger partial charge on any atom is -0.0654 e. The second kappa shape index (κ2) is 24.5. The van der Waals surface area contributed by atoms with E-state index in [0.29, 0.717) is 10.8 Å². The molecule has 4 unspecified atom stereocenters. The van der Waals surface area contributed by atoms with Crippen molar-refractivity contribution in [1.29, 1.82) is 0 Å². The Morgan fingerprint density at radius 3 is 0.783 bits per heavy atom. The third-order valence-electron chi connectivity index (χ3n) is 19.3. The molecule has 11 saturated carbocycles. The van der Waals surface area contributed by atoms with E-state index in [1.165, 1.54) is 116 Å². The summed E-state index contributed by atoms with van der Waals surface area (Å²) in [5, 5.41) is 0. The van der Waals surface area contributed by atoms with Crippen LogP contribution in [0.15, 0.2) is 0 Å². The van der Waals surface area contributed by atoms with Gasteiger partial charge in [0.15, 0.2) is 0 Å². The van der Waals surface area contributed by atoms with Crippen LogP contribution in [0.3, 0.4) is 0 Å². The van der Waals surface area contributed by atoms with Gasteiger partial charge in [0, 0.05) is 0 Å². The third kappa shape index (κ3) is 24.9. The fraction of sp³-hybridized carbons (Fsp3) is 1.00. The molecule has 11 aliphatic carbocycles. The van der Waals surface area contributed by atoms with Crippen LogP contribution in [0.25, 0.3) is 0 Å². The number of hydrogen-bond donors (Lipinski definition) is 0. The van der Waals surface area contributed by atoms with Crippen molar-refractivity contribution in [3.8, 4) is 0 Å². The van der Waals surface area contributed by atoms with Gasteiger partial charge in [-0.1, -0.05) is 197 Å². The van der Waals surface area contributed by atoms with Crippen molar-refractivity contribution in [2.75, 3.05) is 0 Å². The molecular weight excluding hydrogens is 721 g/mol. The first-order chi connectivity index (χ1) is 27.8. The molecule has 0 bridgehead atoms. The number of hydrogen-bond acceptors (Lipinski definition) is 0. The van der Waals surface area contributed by atoms with Crippen LogP contribution >= 0.6 is 0 Å². The normalized spacial score (nSPS) is 36.5. The molecule has 0 aliphatic heterocycles. The standard InChI is InChI=1S/C6H10.9C6H12/c1-5-4-6(5)2-3-6;2*1-5-4-6(5,2)3;1-5(2)6-3-4-6;1-4-5(2)6(4)3;2*1-3-6(2)4-5-6;2*1-3-6-4-5(6)2;1-2-3-6-4-5-6/h5H,2-4H2,1H3;2*5H,4H2,1-3H3;5-6H,3-4H2,1-2H3;4-6H,1-3H3;2*3-5H2,1-2H3;2*5-6H,3-4H2,1-2H3;6H,2-5H2,1H3/t2*5-;;;;;;5-,6?;;/m00.....0../s1. The zero-order valence-electron chi connectivity index (χ0n) is 45.9. The van der Waals surface area contributed by atoms with Gasteiger partial charge in [-0.3, -0.25) is 0 Å². The minimum absolute atomic E-state index is 0.708. The van der Waals surface area contributed by atoms with Crippen LogP contribution in [0.2, 0.25) is 0 Å². The molecule has 11 aliphatic rings. The lowest BCUT2D eigenvalue weighted by Gasteiger charge is -1.96. The molecule has 0 aromatic carbocycles. The molecular formula is C60H118. The lowest BCUT2D eigenvalue weighted by Crippen LogP contribution is -1.85. The van der Waals surface area contributed by atoms with Gasteiger partial charge >= 0.3 is 0 Å². The SMILES string of the molecule is CC(C)C1CC1.CC1C(C)C1C.CC1CC1(C)C.CCC1(C)CC1.CCC1(C)CC1.CCC1CC1C.CCC1C[C@@H]1C.CCCC1CC1.C[C@H]1CC1(C)C.C[C@H]1CC12CC2. The fourth-order valence-corrected chi connectivity index (χ4v) is 8.43. The molecule has 0 N–H and O–H groups in total. The van der Waals surface area contributed by atoms with Crippen molar-refractivity contribution in [2.24, 2.45) is 104 Å². The average Bonchev–Trinajstić information content (AvgIpc) is 3.97. The van der Waals surface area contributed by atoms with E-state index in [4.69, 9.17) is 0 Å². The van der Waals surface area contributed by atoms with E-state index in [1.54, 1.807) is 19.3 Å². The summed E-state index contributed by atoms with van der Waals surface area (Å²) in [7, 11) is 0. The highest BCUT2D eigenvalue weighted by Gasteiger charge is 2.59. The molecule has 0 radical (unpaired) electrons. The predicted molar refractivity (Wildman–Crippen MR) is 274 cm³/mol. The van der Waals surface area contributed by atoms with Crippen molar-refractivity contribution in [1.82, 2.24) is 0 Å². The van der Waals surface area contributed by atoms with E-state index in [9.17, 15) is 0 Å². The monoisotopic (exact) mass is 839 g/mol. The Balaban J connectivity index is 0.000000230. The van der Waals surface area contributed by atoms with Gasteiger partial charge in [0.1, 0.15) is 0 Å². The highest BCUT2D eigenvalue weighted by Crippen LogP contribution is 2.70. The zero-order chi connectivity index (χ0) is 45.9. The van der Waals surface area contributed by atoms with Crippen molar-refractivity contribution in [2.45, 2.75) is 280 Å². The molecule has 0 aromatic rings. The quantitative estimate of drug-likeness (QED) is 0.240. The maximum atomic E-state index is 2.37. The van der Waals surface area contributed by atoms with Gasteiger partial charge in [0.25, 0.3) is 0 Å². The summed E-state index contributed by atoms with van der Waals surface area (Å²) in [6.07, 6.45) is 30.9. The van der Waals surface area contributed by atoms with Gasteiger partial charge in [-0.15, -0.1) is 0 Å². The van der Waals surface area contributed by atoms with Gasteiger partial charge in [-0.2, -0.15) is 0 Å². The fourth-order valence-electron chi connectivity index (χ4n) is 8.43. The Labute approximate surface area is 382 Å². The molecule has 1 spiro atoms. The van der Waals surface area contributed by atoms with Gasteiger partial charge in [-0.25, -0.2) is 0 Å². The van der Waals surface area contributed by atoms with Crippen LogP contribution in [0.5, 0.6) is 0 Å². The summed E-state index contributed by atoms with van der Waals surface area (Å²) in [6, 6.07) is 0. The lowest BCUT2D eigenvalue weighted by molar-refractivity contribution is 0.551. The molecule has 0 heterocycles. The second-order valence-electron chi connectivity index (χ2n) is 26.6.